The Morgan fingerprint density at radius 3 is 2.22 bits per heavy atom. The van der Waals surface area contributed by atoms with E-state index >= 15 is 0 Å². The summed E-state index contributed by atoms with van der Waals surface area (Å²) in [5.74, 6) is 0. The van der Waals surface area contributed by atoms with Crippen molar-refractivity contribution >= 4 is 5.57 Å². The highest BCUT2D eigenvalue weighted by Crippen LogP contribution is 2.22. The van der Waals surface area contributed by atoms with E-state index in [1.807, 2.05) is 30.5 Å². The third kappa shape index (κ3) is 15.1. The molecular weight excluding hydrogens is 446 g/mol. The maximum atomic E-state index is 4.31. The SMILES string of the molecule is C#C.C1=CCNC=C1.C=C(CCc1cc#ccc1)/C(=C/C=C(\C)c1ccc(C)cc1C)CC.CCCC. The van der Waals surface area contributed by atoms with Crippen LogP contribution in [-0.2, 0) is 6.42 Å². The van der Waals surface area contributed by atoms with Gasteiger partial charge in [-0.05, 0) is 98.3 Å². The predicted molar refractivity (Wildman–Crippen MR) is 166 cm³/mol. The Kier molecular flexibility index (Phi) is 19.4. The molecule has 1 nitrogen and oxygen atoms in total. The first kappa shape index (κ1) is 33.3. The van der Waals surface area contributed by atoms with Crippen LogP contribution in [0, 0.1) is 38.8 Å². The first-order chi connectivity index (χ1) is 17.9. The van der Waals surface area contributed by atoms with E-state index in [4.69, 9.17) is 0 Å². The van der Waals surface area contributed by atoms with Crippen molar-refractivity contribution in [2.75, 3.05) is 6.54 Å². The standard InChI is InChI=1S/C25H28.C5H7N.C4H10.C2H2/c1-6-24(20(3)13-15-23-10-8-7-9-11-23)16-14-21(4)25-17-12-19(2)18-22(25)5;1-2-4-6-5-3-1;1-3-4-2;1-2/h8,10-12,14,16-18H,3,6,13,15H2,1-2,4-5H3;1-4,6H,5H2;3-4H2,1-2H3;1-2H/b21-14+,24-16+;;;. The molecule has 0 saturated carbocycles. The van der Waals surface area contributed by atoms with Crippen LogP contribution in [-0.4, -0.2) is 6.54 Å². The molecule has 3 rings (SSSR count). The van der Waals surface area contributed by atoms with E-state index in [0.29, 0.717) is 0 Å². The van der Waals surface area contributed by atoms with Crippen LogP contribution in [0.15, 0.2) is 90.7 Å². The summed E-state index contributed by atoms with van der Waals surface area (Å²) in [5, 5.41) is 3.02. The van der Waals surface area contributed by atoms with Crippen LogP contribution in [0.1, 0.15) is 75.6 Å². The lowest BCUT2D eigenvalue weighted by Gasteiger charge is -2.10. The van der Waals surface area contributed by atoms with Gasteiger partial charge in [-0.2, -0.15) is 0 Å². The smallest absolute Gasteiger partial charge is 0.0328 e. The monoisotopic (exact) mass is 493 g/mol. The van der Waals surface area contributed by atoms with Gasteiger partial charge in [0.2, 0.25) is 0 Å². The molecule has 0 fully saturated rings. The van der Waals surface area contributed by atoms with E-state index in [9.17, 15) is 0 Å². The summed E-state index contributed by atoms with van der Waals surface area (Å²) >= 11 is 0. The Bertz CT molecular complexity index is 1010. The van der Waals surface area contributed by atoms with E-state index in [-0.39, 0.29) is 0 Å². The highest BCUT2D eigenvalue weighted by atomic mass is 14.8. The molecule has 0 aromatic heterocycles. The summed E-state index contributed by atoms with van der Waals surface area (Å²) in [4.78, 5) is 0. The van der Waals surface area contributed by atoms with Gasteiger partial charge < -0.3 is 5.32 Å². The van der Waals surface area contributed by atoms with Gasteiger partial charge >= 0.3 is 0 Å². The number of rotatable bonds is 8. The third-order valence-corrected chi connectivity index (χ3v) is 5.81. The van der Waals surface area contributed by atoms with E-state index in [2.05, 4.69) is 121 Å². The molecular formula is C36H47N. The molecule has 0 bridgehead atoms. The van der Waals surface area contributed by atoms with Gasteiger partial charge in [-0.25, -0.2) is 0 Å². The highest BCUT2D eigenvalue weighted by molar-refractivity contribution is 5.68. The van der Waals surface area contributed by atoms with Gasteiger partial charge in [-0.15, -0.1) is 12.8 Å². The molecule has 1 N–H and O–H groups in total. The van der Waals surface area contributed by atoms with E-state index < -0.39 is 0 Å². The van der Waals surface area contributed by atoms with Gasteiger partial charge in [0.1, 0.15) is 0 Å². The molecule has 196 valence electrons. The fraction of sp³-hybridized carbons (Fsp3) is 0.333. The fourth-order valence-corrected chi connectivity index (χ4v) is 3.45. The minimum absolute atomic E-state index is 0.980. The first-order valence-corrected chi connectivity index (χ1v) is 13.3. The Hall–Kier alpha value is -3.68. The van der Waals surface area contributed by atoms with Gasteiger partial charge in [0.15, 0.2) is 0 Å². The number of hydrogen-bond donors (Lipinski definition) is 1. The average molecular weight is 494 g/mol. The zero-order valence-corrected chi connectivity index (χ0v) is 24.0. The maximum Gasteiger partial charge on any atom is 0.0328 e. The van der Waals surface area contributed by atoms with Crippen LogP contribution in [0.5, 0.6) is 0 Å². The molecule has 1 heterocycles. The molecule has 37 heavy (non-hydrogen) atoms. The summed E-state index contributed by atoms with van der Waals surface area (Å²) in [5.41, 5.74) is 9.09. The van der Waals surface area contributed by atoms with Gasteiger partial charge in [0, 0.05) is 6.54 Å². The van der Waals surface area contributed by atoms with Crippen LogP contribution in [0.2, 0.25) is 0 Å². The number of aryl methyl sites for hydroxylation is 3. The molecule has 2 aromatic carbocycles. The number of unbranched alkanes of at least 4 members (excludes halogenated alkanes) is 1. The normalized spacial score (nSPS) is 11.8. The molecule has 0 unspecified atom stereocenters. The molecule has 0 saturated heterocycles. The fourth-order valence-electron chi connectivity index (χ4n) is 3.45. The molecule has 1 aliphatic heterocycles. The number of benzene rings is 1. The number of nitrogens with one attached hydrogen (secondary N) is 1. The number of dihydropyridines is 1. The summed E-state index contributed by atoms with van der Waals surface area (Å²) in [7, 11) is 0. The lowest BCUT2D eigenvalue weighted by Crippen LogP contribution is -2.05. The van der Waals surface area contributed by atoms with Gasteiger partial charge in [0.25, 0.3) is 0 Å². The summed E-state index contributed by atoms with van der Waals surface area (Å²) in [6, 6.07) is 18.6. The highest BCUT2D eigenvalue weighted by Gasteiger charge is 2.03. The Labute approximate surface area is 228 Å². The second-order valence-electron chi connectivity index (χ2n) is 8.85. The average Bonchev–Trinajstić information content (AvgIpc) is 2.95. The zero-order chi connectivity index (χ0) is 27.9. The van der Waals surface area contributed by atoms with E-state index in [1.165, 1.54) is 51.8 Å². The Morgan fingerprint density at radius 2 is 1.76 bits per heavy atom. The number of terminal acetylenes is 1. The van der Waals surface area contributed by atoms with Crippen LogP contribution in [0.3, 0.4) is 0 Å². The van der Waals surface area contributed by atoms with Gasteiger partial charge in [-0.3, -0.25) is 0 Å². The zero-order valence-electron chi connectivity index (χ0n) is 24.0. The summed E-state index contributed by atoms with van der Waals surface area (Å²) in [6.45, 7) is 18.3. The lowest BCUT2D eigenvalue weighted by atomic mass is 9.96. The van der Waals surface area contributed by atoms with Crippen molar-refractivity contribution in [3.8, 4) is 12.8 Å². The predicted octanol–water partition coefficient (Wildman–Crippen LogP) is 9.55. The summed E-state index contributed by atoms with van der Waals surface area (Å²) < 4.78 is 0. The maximum absolute atomic E-state index is 4.31. The van der Waals surface area contributed by atoms with Crippen LogP contribution in [0.25, 0.3) is 5.57 Å². The number of hydrogen-bond acceptors (Lipinski definition) is 1. The Morgan fingerprint density at radius 1 is 1.03 bits per heavy atom. The second-order valence-corrected chi connectivity index (χ2v) is 8.85. The van der Waals surface area contributed by atoms with Crippen LogP contribution < -0.4 is 5.32 Å². The molecule has 0 atom stereocenters. The van der Waals surface area contributed by atoms with E-state index in [1.54, 1.807) is 0 Å². The summed E-state index contributed by atoms with van der Waals surface area (Å²) in [6.07, 6.45) is 26.1. The van der Waals surface area contributed by atoms with Crippen LogP contribution >= 0.6 is 0 Å². The minimum atomic E-state index is 0.980. The van der Waals surface area contributed by atoms with Crippen molar-refractivity contribution in [1.29, 1.82) is 0 Å². The minimum Gasteiger partial charge on any atom is -0.387 e. The number of allylic oxidation sites excluding steroid dienone is 7. The van der Waals surface area contributed by atoms with Crippen molar-refractivity contribution in [1.82, 2.24) is 5.32 Å². The third-order valence-electron chi connectivity index (χ3n) is 5.81. The van der Waals surface area contributed by atoms with Gasteiger partial charge in [0.05, 0.1) is 0 Å². The Balaban J connectivity index is 0.000000893. The molecule has 0 radical (unpaired) electrons. The van der Waals surface area contributed by atoms with Crippen molar-refractivity contribution in [3.63, 3.8) is 0 Å². The molecule has 0 spiro atoms. The lowest BCUT2D eigenvalue weighted by molar-refractivity contribution is 0.886. The van der Waals surface area contributed by atoms with Crippen molar-refractivity contribution < 1.29 is 0 Å². The molecule has 1 heteroatoms. The molecule has 1 aliphatic rings. The van der Waals surface area contributed by atoms with Crippen molar-refractivity contribution in [3.05, 3.63) is 125 Å². The van der Waals surface area contributed by atoms with E-state index in [0.717, 1.165) is 25.8 Å². The van der Waals surface area contributed by atoms with Crippen molar-refractivity contribution in [2.24, 2.45) is 0 Å². The van der Waals surface area contributed by atoms with Gasteiger partial charge in [-0.1, -0.05) is 106 Å². The van der Waals surface area contributed by atoms with Crippen LogP contribution in [0.4, 0.5) is 0 Å². The second kappa shape index (κ2) is 21.6. The molecule has 0 amide bonds. The largest absolute Gasteiger partial charge is 0.387 e. The molecule has 0 aliphatic carbocycles. The molecule has 2 aromatic rings. The quantitative estimate of drug-likeness (QED) is 0.285. The topological polar surface area (TPSA) is 12.0 Å². The first-order valence-electron chi connectivity index (χ1n) is 13.3. The van der Waals surface area contributed by atoms with Crippen molar-refractivity contribution in [2.45, 2.75) is 73.6 Å².